The fourth-order valence-corrected chi connectivity index (χ4v) is 4.23. The van der Waals surface area contributed by atoms with Crippen molar-refractivity contribution in [3.8, 4) is 0 Å². The molecule has 0 amide bonds. The van der Waals surface area contributed by atoms with Gasteiger partial charge in [0.05, 0.1) is 6.20 Å². The molecule has 1 aliphatic carbocycles. The molecule has 3 N–H and O–H groups in total. The zero-order valence-electron chi connectivity index (χ0n) is 18.2. The Morgan fingerprint density at radius 3 is 2.81 bits per heavy atom. The normalized spacial score (nSPS) is 18.9. The average Bonchev–Trinajstić information content (AvgIpc) is 3.21. The molecule has 0 aliphatic heterocycles. The van der Waals surface area contributed by atoms with Gasteiger partial charge >= 0.3 is 0 Å². The molecule has 2 unspecified atom stereocenters. The summed E-state index contributed by atoms with van der Waals surface area (Å²) in [4.78, 5) is 21.5. The summed E-state index contributed by atoms with van der Waals surface area (Å²) in [7, 11) is 0. The van der Waals surface area contributed by atoms with Crippen molar-refractivity contribution in [2.45, 2.75) is 65.1 Å². The first-order valence-corrected chi connectivity index (χ1v) is 11.2. The van der Waals surface area contributed by atoms with Crippen LogP contribution in [0.4, 0.5) is 11.9 Å². The molecule has 1 aliphatic rings. The van der Waals surface area contributed by atoms with E-state index in [4.69, 9.17) is 4.98 Å². The second-order valence-corrected chi connectivity index (χ2v) is 8.12. The Bertz CT molecular complexity index is 1090. The van der Waals surface area contributed by atoms with Crippen molar-refractivity contribution in [3.05, 3.63) is 46.0 Å². The number of aromatic nitrogens is 5. The number of pyridine rings is 1. The minimum absolute atomic E-state index is 0.0170. The first-order chi connectivity index (χ1) is 15.1. The molecule has 4 rings (SSSR count). The average molecular weight is 426 g/mol. The third-order valence-electron chi connectivity index (χ3n) is 6.13. The lowest BCUT2D eigenvalue weighted by molar-refractivity contribution is 0.178. The summed E-state index contributed by atoms with van der Waals surface area (Å²) < 4.78 is 3.37. The van der Waals surface area contributed by atoms with E-state index < -0.39 is 0 Å². The molecule has 1 fully saturated rings. The number of hydrogen-bond acceptors (Lipinski definition) is 7. The minimum atomic E-state index is -0.0170. The van der Waals surface area contributed by atoms with Crippen molar-refractivity contribution >= 4 is 17.5 Å². The highest BCUT2D eigenvalue weighted by Gasteiger charge is 2.25. The summed E-state index contributed by atoms with van der Waals surface area (Å²) in [5, 5.41) is 21.0. The van der Waals surface area contributed by atoms with E-state index in [1.807, 2.05) is 25.4 Å². The van der Waals surface area contributed by atoms with Gasteiger partial charge in [0.25, 0.3) is 5.56 Å². The predicted molar refractivity (Wildman–Crippen MR) is 120 cm³/mol. The van der Waals surface area contributed by atoms with E-state index in [2.05, 4.69) is 27.6 Å². The van der Waals surface area contributed by atoms with Gasteiger partial charge in [-0.25, -0.2) is 0 Å². The molecule has 9 heteroatoms. The molecule has 31 heavy (non-hydrogen) atoms. The zero-order chi connectivity index (χ0) is 21.8. The van der Waals surface area contributed by atoms with Crippen molar-refractivity contribution in [2.24, 2.45) is 5.92 Å². The lowest BCUT2D eigenvalue weighted by Crippen LogP contribution is -2.35. The Morgan fingerprint density at radius 1 is 1.23 bits per heavy atom. The molecule has 3 aromatic heterocycles. The summed E-state index contributed by atoms with van der Waals surface area (Å²) in [6, 6.07) is 3.73. The van der Waals surface area contributed by atoms with Gasteiger partial charge in [0.15, 0.2) is 5.65 Å². The molecule has 166 valence electrons. The second-order valence-electron chi connectivity index (χ2n) is 8.12. The maximum absolute atomic E-state index is 12.1. The van der Waals surface area contributed by atoms with Crippen LogP contribution in [0.1, 0.15) is 50.7 Å². The van der Waals surface area contributed by atoms with Crippen molar-refractivity contribution in [1.29, 1.82) is 0 Å². The van der Waals surface area contributed by atoms with Gasteiger partial charge in [0, 0.05) is 49.5 Å². The molecule has 0 aromatic carbocycles. The molecule has 0 bridgehead atoms. The molecule has 0 saturated heterocycles. The smallest absolute Gasteiger partial charge is 0.250 e. The van der Waals surface area contributed by atoms with E-state index in [-0.39, 0.29) is 24.1 Å². The van der Waals surface area contributed by atoms with Crippen molar-refractivity contribution < 1.29 is 5.11 Å². The van der Waals surface area contributed by atoms with Crippen molar-refractivity contribution in [3.63, 3.8) is 0 Å². The standard InChI is InChI=1S/C22H31N7O2/c1-3-16-13-24-29-20(16)26-21(25-18-8-6-5-7-17(18)14-30)27-22(29)23-12-15-9-10-28(4-2)19(31)11-15/h9-11,13,17-18,30H,3-8,12,14H2,1-2H3,(H2,23,25,26,27). The molecule has 2 atom stereocenters. The Morgan fingerprint density at radius 2 is 2.06 bits per heavy atom. The Kier molecular flexibility index (Phi) is 6.50. The molecule has 3 heterocycles. The minimum Gasteiger partial charge on any atom is -0.396 e. The maximum Gasteiger partial charge on any atom is 0.250 e. The number of hydrogen-bond donors (Lipinski definition) is 3. The third-order valence-corrected chi connectivity index (χ3v) is 6.13. The van der Waals surface area contributed by atoms with Gasteiger partial charge in [-0.3, -0.25) is 4.79 Å². The predicted octanol–water partition coefficient (Wildman–Crippen LogP) is 2.44. The van der Waals surface area contributed by atoms with Crippen LogP contribution in [0.2, 0.25) is 0 Å². The fraction of sp³-hybridized carbons (Fsp3) is 0.545. The van der Waals surface area contributed by atoms with Crippen molar-refractivity contribution in [1.82, 2.24) is 24.1 Å². The van der Waals surface area contributed by atoms with E-state index in [1.54, 1.807) is 15.1 Å². The van der Waals surface area contributed by atoms with E-state index in [0.717, 1.165) is 48.9 Å². The van der Waals surface area contributed by atoms with Gasteiger partial charge in [-0.1, -0.05) is 19.8 Å². The van der Waals surface area contributed by atoms with Gasteiger partial charge in [0.2, 0.25) is 11.9 Å². The summed E-state index contributed by atoms with van der Waals surface area (Å²) in [6.45, 7) is 5.29. The number of nitrogens with one attached hydrogen (secondary N) is 2. The summed E-state index contributed by atoms with van der Waals surface area (Å²) in [5.41, 5.74) is 2.67. The number of fused-ring (bicyclic) bond motifs is 1. The molecule has 1 saturated carbocycles. The highest BCUT2D eigenvalue weighted by molar-refractivity contribution is 5.54. The second kappa shape index (κ2) is 9.47. The molecule has 3 aromatic rings. The number of aliphatic hydroxyl groups is 1. The van der Waals surface area contributed by atoms with Crippen molar-refractivity contribution in [2.75, 3.05) is 17.2 Å². The number of anilines is 2. The van der Waals surface area contributed by atoms with E-state index in [9.17, 15) is 9.90 Å². The summed E-state index contributed by atoms with van der Waals surface area (Å²) in [6.07, 6.45) is 8.74. The van der Waals surface area contributed by atoms with E-state index in [1.165, 1.54) is 0 Å². The quantitative estimate of drug-likeness (QED) is 0.508. The van der Waals surface area contributed by atoms with Crippen LogP contribution < -0.4 is 16.2 Å². The van der Waals surface area contributed by atoms with Crippen LogP contribution in [-0.4, -0.2) is 41.9 Å². The van der Waals surface area contributed by atoms with E-state index in [0.29, 0.717) is 25.0 Å². The topological polar surface area (TPSA) is 109 Å². The SMILES string of the molecule is CCc1cnn2c(NCc3ccn(CC)c(=O)c3)nc(NC3CCCCC3CO)nc12. The Balaban J connectivity index is 1.61. The highest BCUT2D eigenvalue weighted by Crippen LogP contribution is 2.27. The number of rotatable bonds is 8. The van der Waals surface area contributed by atoms with Crippen LogP contribution >= 0.6 is 0 Å². The van der Waals surface area contributed by atoms with Crippen LogP contribution in [-0.2, 0) is 19.5 Å². The Hall–Kier alpha value is -2.94. The molecule has 0 spiro atoms. The maximum atomic E-state index is 12.1. The molecular formula is C22H31N7O2. The molecule has 0 radical (unpaired) electrons. The summed E-state index contributed by atoms with van der Waals surface area (Å²) >= 11 is 0. The van der Waals surface area contributed by atoms with Gasteiger partial charge < -0.3 is 20.3 Å². The van der Waals surface area contributed by atoms with Crippen LogP contribution in [0, 0.1) is 5.92 Å². The zero-order valence-corrected chi connectivity index (χ0v) is 18.2. The van der Waals surface area contributed by atoms with Gasteiger partial charge in [-0.15, -0.1) is 0 Å². The largest absolute Gasteiger partial charge is 0.396 e. The molecule has 9 nitrogen and oxygen atoms in total. The first-order valence-electron chi connectivity index (χ1n) is 11.2. The van der Waals surface area contributed by atoms with Gasteiger partial charge in [-0.05, 0) is 37.8 Å². The Labute approximate surface area is 181 Å². The first kappa shape index (κ1) is 21.3. The number of aryl methyl sites for hydroxylation is 2. The third kappa shape index (κ3) is 4.56. The van der Waals surface area contributed by atoms with Crippen LogP contribution in [0.5, 0.6) is 0 Å². The summed E-state index contributed by atoms with van der Waals surface area (Å²) in [5.74, 6) is 1.32. The highest BCUT2D eigenvalue weighted by atomic mass is 16.3. The lowest BCUT2D eigenvalue weighted by Gasteiger charge is -2.30. The van der Waals surface area contributed by atoms with Crippen LogP contribution in [0.25, 0.3) is 5.65 Å². The lowest BCUT2D eigenvalue weighted by atomic mass is 9.85. The number of aliphatic hydroxyl groups excluding tert-OH is 1. The molecular weight excluding hydrogens is 394 g/mol. The van der Waals surface area contributed by atoms with Gasteiger partial charge in [-0.2, -0.15) is 19.6 Å². The van der Waals surface area contributed by atoms with Crippen LogP contribution in [0.15, 0.2) is 29.3 Å². The van der Waals surface area contributed by atoms with Crippen LogP contribution in [0.3, 0.4) is 0 Å². The van der Waals surface area contributed by atoms with E-state index >= 15 is 0 Å². The monoisotopic (exact) mass is 425 g/mol. The fourth-order valence-electron chi connectivity index (χ4n) is 4.23. The van der Waals surface area contributed by atoms with Gasteiger partial charge in [0.1, 0.15) is 0 Å². The number of nitrogens with zero attached hydrogens (tertiary/aromatic N) is 5.